The number of ether oxygens (including phenoxy) is 2. The fourth-order valence-electron chi connectivity index (χ4n) is 1.67. The van der Waals surface area contributed by atoms with Gasteiger partial charge in [-0.2, -0.15) is 0 Å². The third-order valence-electron chi connectivity index (χ3n) is 2.27. The van der Waals surface area contributed by atoms with Crippen LogP contribution in [0.3, 0.4) is 0 Å². The number of hydrogen-bond acceptors (Lipinski definition) is 3. The lowest BCUT2D eigenvalue weighted by Crippen LogP contribution is -2.01. The van der Waals surface area contributed by atoms with Crippen LogP contribution in [0.15, 0.2) is 23.5 Å². The topological polar surface area (TPSA) is 35.5 Å². The number of esters is 1. The summed E-state index contributed by atoms with van der Waals surface area (Å²) in [5.74, 6) is 0.425. The van der Waals surface area contributed by atoms with Crippen molar-refractivity contribution in [2.75, 3.05) is 14.2 Å². The molecule has 1 heterocycles. The van der Waals surface area contributed by atoms with Crippen LogP contribution >= 0.6 is 0 Å². The molecule has 1 aliphatic heterocycles. The van der Waals surface area contributed by atoms with Crippen LogP contribution in [-0.2, 0) is 14.3 Å². The molecule has 0 aromatic heterocycles. The van der Waals surface area contributed by atoms with Crippen LogP contribution in [0.2, 0.25) is 0 Å². The van der Waals surface area contributed by atoms with Gasteiger partial charge in [0, 0.05) is 25.4 Å². The summed E-state index contributed by atoms with van der Waals surface area (Å²) in [5, 5.41) is 0. The summed E-state index contributed by atoms with van der Waals surface area (Å²) in [4.78, 5) is 11.1. The second kappa shape index (κ2) is 4.96. The lowest BCUT2D eigenvalue weighted by Gasteiger charge is -2.08. The molecule has 3 heteroatoms. The number of carbonyl (C=O) groups excluding carboxylic acids is 1. The number of methoxy groups -OCH3 is 1. The minimum Gasteiger partial charge on any atom is -0.423 e. The van der Waals surface area contributed by atoms with Gasteiger partial charge in [0.15, 0.2) is 0 Å². The predicted molar refractivity (Wildman–Crippen MR) is 53.7 cm³/mol. The van der Waals surface area contributed by atoms with Crippen molar-refractivity contribution in [1.29, 1.82) is 0 Å². The van der Waals surface area contributed by atoms with Gasteiger partial charge in [-0.15, -0.1) is 0 Å². The summed E-state index contributed by atoms with van der Waals surface area (Å²) in [6.07, 6.45) is 4.13. The smallest absolute Gasteiger partial charge is 0.339 e. The third-order valence-corrected chi connectivity index (χ3v) is 2.27. The largest absolute Gasteiger partial charge is 0.423 e. The molecule has 0 radical (unpaired) electrons. The predicted octanol–water partition coefficient (Wildman–Crippen LogP) is 2.19. The van der Waals surface area contributed by atoms with Crippen LogP contribution in [-0.4, -0.2) is 20.2 Å². The summed E-state index contributed by atoms with van der Waals surface area (Å²) in [5.41, 5.74) is 1.95. The Kier molecular flexibility index (Phi) is 3.89. The average molecular weight is 196 g/mol. The third kappa shape index (κ3) is 2.23. The zero-order valence-corrected chi connectivity index (χ0v) is 8.76. The van der Waals surface area contributed by atoms with Crippen molar-refractivity contribution in [2.24, 2.45) is 0 Å². The van der Waals surface area contributed by atoms with Crippen molar-refractivity contribution in [2.45, 2.75) is 25.7 Å². The van der Waals surface area contributed by atoms with Gasteiger partial charge in [0.05, 0.1) is 0 Å². The summed E-state index contributed by atoms with van der Waals surface area (Å²) >= 11 is 0. The molecule has 3 nitrogen and oxygen atoms in total. The zero-order chi connectivity index (χ0) is 10.6. The highest BCUT2D eigenvalue weighted by Gasteiger charge is 2.29. The Labute approximate surface area is 84.4 Å². The minimum atomic E-state index is -0.162. The molecule has 2 rings (SSSR count). The van der Waals surface area contributed by atoms with E-state index in [0.29, 0.717) is 5.76 Å². The molecule has 0 spiro atoms. The first-order valence-electron chi connectivity index (χ1n) is 4.74. The molecule has 78 valence electrons. The van der Waals surface area contributed by atoms with Gasteiger partial charge in [0.25, 0.3) is 0 Å². The van der Waals surface area contributed by atoms with E-state index in [0.717, 1.165) is 36.8 Å². The summed E-state index contributed by atoms with van der Waals surface area (Å²) < 4.78 is 9.15. The molecule has 0 amide bonds. The normalized spacial score (nSPS) is 19.9. The Bertz CT molecular complexity index is 250. The van der Waals surface area contributed by atoms with E-state index in [9.17, 15) is 4.79 Å². The van der Waals surface area contributed by atoms with Gasteiger partial charge in [0.1, 0.15) is 5.76 Å². The van der Waals surface area contributed by atoms with Gasteiger partial charge in [0.2, 0.25) is 0 Å². The molecule has 0 unspecified atom stereocenters. The maximum absolute atomic E-state index is 11.1. The van der Waals surface area contributed by atoms with Gasteiger partial charge in [-0.3, -0.25) is 0 Å². The number of carbonyl (C=O) groups is 1. The van der Waals surface area contributed by atoms with Crippen molar-refractivity contribution < 1.29 is 14.3 Å². The molecule has 0 N–H and O–H groups in total. The van der Waals surface area contributed by atoms with Crippen LogP contribution < -0.4 is 0 Å². The first-order chi connectivity index (χ1) is 6.70. The molecule has 2 aliphatic rings. The fourth-order valence-corrected chi connectivity index (χ4v) is 1.67. The van der Waals surface area contributed by atoms with E-state index in [1.807, 2.05) is 0 Å². The second-order valence-corrected chi connectivity index (χ2v) is 3.39. The first-order valence-corrected chi connectivity index (χ1v) is 4.74. The van der Waals surface area contributed by atoms with Crippen molar-refractivity contribution in [1.82, 2.24) is 0 Å². The van der Waals surface area contributed by atoms with E-state index in [-0.39, 0.29) is 5.97 Å². The van der Waals surface area contributed by atoms with Crippen molar-refractivity contribution >= 4 is 5.97 Å². The highest BCUT2D eigenvalue weighted by molar-refractivity contribution is 5.94. The second-order valence-electron chi connectivity index (χ2n) is 3.39. The van der Waals surface area contributed by atoms with E-state index in [4.69, 9.17) is 4.74 Å². The monoisotopic (exact) mass is 196 g/mol. The highest BCUT2D eigenvalue weighted by Crippen LogP contribution is 2.35. The van der Waals surface area contributed by atoms with Gasteiger partial charge in [-0.1, -0.05) is 6.58 Å². The lowest BCUT2D eigenvalue weighted by atomic mass is 9.93. The molecular weight excluding hydrogens is 180 g/mol. The quantitative estimate of drug-likeness (QED) is 0.557. The summed E-state index contributed by atoms with van der Waals surface area (Å²) in [6.45, 7) is 3.69. The van der Waals surface area contributed by atoms with Gasteiger partial charge >= 0.3 is 5.97 Å². The number of rotatable bonds is 0. The average Bonchev–Trinajstić information content (AvgIpc) is 2.45. The first kappa shape index (κ1) is 11.0. The lowest BCUT2D eigenvalue weighted by molar-refractivity contribution is -0.133. The van der Waals surface area contributed by atoms with Gasteiger partial charge < -0.3 is 9.47 Å². The Morgan fingerprint density at radius 1 is 1.21 bits per heavy atom. The number of cyclic esters (lactones) is 1. The van der Waals surface area contributed by atoms with Crippen LogP contribution in [0.4, 0.5) is 0 Å². The molecule has 0 bridgehead atoms. The number of hydrogen-bond donors (Lipinski definition) is 0. The molecule has 0 saturated heterocycles. The van der Waals surface area contributed by atoms with Crippen molar-refractivity contribution in [3.8, 4) is 0 Å². The van der Waals surface area contributed by atoms with Gasteiger partial charge in [-0.05, 0) is 25.7 Å². The Morgan fingerprint density at radius 2 is 1.71 bits per heavy atom. The van der Waals surface area contributed by atoms with Crippen LogP contribution in [0.5, 0.6) is 0 Å². The molecule has 0 fully saturated rings. The van der Waals surface area contributed by atoms with E-state index in [1.54, 1.807) is 14.2 Å². The molecule has 0 atom stereocenters. The van der Waals surface area contributed by atoms with E-state index < -0.39 is 0 Å². The minimum absolute atomic E-state index is 0.162. The van der Waals surface area contributed by atoms with E-state index in [1.165, 1.54) is 0 Å². The standard InChI is InChI=1S/C9H10O2.C2H6O/c1-6-7-4-2-3-5-8(7)9(10)11-6;1-3-2/h1-5H2;1-2H3. The zero-order valence-electron chi connectivity index (χ0n) is 8.76. The molecule has 14 heavy (non-hydrogen) atoms. The SMILES string of the molecule is C=C1OC(=O)C2=C1CCCC2.COC. The van der Waals surface area contributed by atoms with E-state index in [2.05, 4.69) is 11.3 Å². The van der Waals surface area contributed by atoms with Crippen molar-refractivity contribution in [3.63, 3.8) is 0 Å². The molecule has 0 saturated carbocycles. The Balaban J connectivity index is 0.000000293. The maximum atomic E-state index is 11.1. The van der Waals surface area contributed by atoms with Crippen LogP contribution in [0, 0.1) is 0 Å². The summed E-state index contributed by atoms with van der Waals surface area (Å²) in [6, 6.07) is 0. The maximum Gasteiger partial charge on any atom is 0.339 e. The van der Waals surface area contributed by atoms with Crippen LogP contribution in [0.1, 0.15) is 25.7 Å². The Morgan fingerprint density at radius 3 is 2.21 bits per heavy atom. The van der Waals surface area contributed by atoms with Crippen LogP contribution in [0.25, 0.3) is 0 Å². The highest BCUT2D eigenvalue weighted by atomic mass is 16.5. The molecule has 0 aromatic rings. The van der Waals surface area contributed by atoms with E-state index >= 15 is 0 Å². The molecular formula is C11H16O3. The molecule has 1 aliphatic carbocycles. The van der Waals surface area contributed by atoms with Gasteiger partial charge in [-0.25, -0.2) is 4.79 Å². The fraction of sp³-hybridized carbons (Fsp3) is 0.545. The van der Waals surface area contributed by atoms with Crippen molar-refractivity contribution in [3.05, 3.63) is 23.5 Å². The molecule has 0 aromatic carbocycles. The number of allylic oxidation sites excluding steroid dienone is 1. The summed E-state index contributed by atoms with van der Waals surface area (Å²) in [7, 11) is 3.25. The Hall–Kier alpha value is -1.09.